The van der Waals surface area contributed by atoms with Crippen molar-refractivity contribution in [3.8, 4) is 11.1 Å². The molecule has 14 heavy (non-hydrogen) atoms. The van der Waals surface area contributed by atoms with Crippen LogP contribution < -0.4 is 0 Å². The summed E-state index contributed by atoms with van der Waals surface area (Å²) in [5.74, 6) is 0. The Hall–Kier alpha value is -1.48. The first-order chi connectivity index (χ1) is 6.77. The Balaban J connectivity index is 2.55. The molecule has 0 aliphatic carbocycles. The lowest BCUT2D eigenvalue weighted by atomic mass is 10.1. The lowest BCUT2D eigenvalue weighted by molar-refractivity contribution is 1.16. The molecule has 2 rings (SSSR count). The van der Waals surface area contributed by atoms with Crippen LogP contribution in [0, 0.1) is 6.92 Å². The second-order valence-corrected chi connectivity index (χ2v) is 3.34. The third-order valence-corrected chi connectivity index (χ3v) is 2.15. The van der Waals surface area contributed by atoms with Gasteiger partial charge in [0.05, 0.1) is 0 Å². The Morgan fingerprint density at radius 3 is 2.71 bits per heavy atom. The quantitative estimate of drug-likeness (QED) is 0.672. The average Bonchev–Trinajstić information content (AvgIpc) is 2.18. The normalized spacial score (nSPS) is 10.1. The van der Waals surface area contributed by atoms with Gasteiger partial charge in [-0.1, -0.05) is 11.6 Å². The van der Waals surface area contributed by atoms with Gasteiger partial charge in [0, 0.05) is 29.7 Å². The summed E-state index contributed by atoms with van der Waals surface area (Å²) in [5.41, 5.74) is 2.84. The fourth-order valence-electron chi connectivity index (χ4n) is 1.21. The van der Waals surface area contributed by atoms with E-state index in [9.17, 15) is 0 Å². The Kier molecular flexibility index (Phi) is 2.41. The van der Waals surface area contributed by atoms with Gasteiger partial charge in [0.2, 0.25) is 0 Å². The van der Waals surface area contributed by atoms with Crippen LogP contribution >= 0.6 is 11.6 Å². The van der Waals surface area contributed by atoms with Gasteiger partial charge in [-0.15, -0.1) is 0 Å². The highest BCUT2D eigenvalue weighted by atomic mass is 35.5. The van der Waals surface area contributed by atoms with Gasteiger partial charge >= 0.3 is 0 Å². The van der Waals surface area contributed by atoms with E-state index in [2.05, 4.69) is 15.0 Å². The zero-order valence-electron chi connectivity index (χ0n) is 7.61. The van der Waals surface area contributed by atoms with Gasteiger partial charge in [-0.2, -0.15) is 0 Å². The highest BCUT2D eigenvalue weighted by molar-refractivity contribution is 6.32. The number of hydrogen-bond acceptors (Lipinski definition) is 3. The molecule has 0 fully saturated rings. The van der Waals surface area contributed by atoms with E-state index >= 15 is 0 Å². The molecule has 0 atom stereocenters. The van der Waals surface area contributed by atoms with Crippen molar-refractivity contribution < 1.29 is 0 Å². The van der Waals surface area contributed by atoms with E-state index in [4.69, 9.17) is 11.6 Å². The molecule has 0 spiro atoms. The maximum Gasteiger partial charge on any atom is 0.140 e. The molecule has 0 saturated carbocycles. The SMILES string of the molecule is Cc1cncc(-c2cncnc2Cl)c1. The van der Waals surface area contributed by atoms with Crippen molar-refractivity contribution in [3.63, 3.8) is 0 Å². The highest BCUT2D eigenvalue weighted by Crippen LogP contribution is 2.24. The molecule has 0 radical (unpaired) electrons. The van der Waals surface area contributed by atoms with E-state index < -0.39 is 0 Å². The molecular formula is C10H8ClN3. The minimum absolute atomic E-state index is 0.451. The van der Waals surface area contributed by atoms with Crippen molar-refractivity contribution in [2.24, 2.45) is 0 Å². The number of halogens is 1. The molecule has 2 aromatic rings. The zero-order chi connectivity index (χ0) is 9.97. The van der Waals surface area contributed by atoms with Crippen LogP contribution in [0.25, 0.3) is 11.1 Å². The summed E-state index contributed by atoms with van der Waals surface area (Å²) < 4.78 is 0. The van der Waals surface area contributed by atoms with E-state index in [-0.39, 0.29) is 0 Å². The zero-order valence-corrected chi connectivity index (χ0v) is 8.36. The monoisotopic (exact) mass is 205 g/mol. The van der Waals surface area contributed by atoms with Crippen LogP contribution in [0.15, 0.2) is 31.0 Å². The predicted octanol–water partition coefficient (Wildman–Crippen LogP) is 2.50. The van der Waals surface area contributed by atoms with E-state index in [1.807, 2.05) is 13.0 Å². The van der Waals surface area contributed by atoms with Crippen LogP contribution in [0.4, 0.5) is 0 Å². The summed E-state index contributed by atoms with van der Waals surface area (Å²) >= 11 is 5.93. The predicted molar refractivity (Wildman–Crippen MR) is 55.0 cm³/mol. The van der Waals surface area contributed by atoms with Crippen LogP contribution in [0.5, 0.6) is 0 Å². The van der Waals surface area contributed by atoms with E-state index in [0.717, 1.165) is 16.7 Å². The van der Waals surface area contributed by atoms with Crippen molar-refractivity contribution in [2.75, 3.05) is 0 Å². The highest BCUT2D eigenvalue weighted by Gasteiger charge is 2.04. The third kappa shape index (κ3) is 1.72. The molecule has 0 amide bonds. The molecule has 0 N–H and O–H groups in total. The number of hydrogen-bond donors (Lipinski definition) is 0. The molecule has 0 aromatic carbocycles. The summed E-state index contributed by atoms with van der Waals surface area (Å²) in [6.07, 6.45) is 6.65. The van der Waals surface area contributed by atoms with Gasteiger partial charge < -0.3 is 0 Å². The fraction of sp³-hybridized carbons (Fsp3) is 0.100. The van der Waals surface area contributed by atoms with E-state index in [1.165, 1.54) is 6.33 Å². The molecule has 0 aliphatic rings. The largest absolute Gasteiger partial charge is 0.264 e. The molecule has 70 valence electrons. The summed E-state index contributed by atoms with van der Waals surface area (Å²) in [6.45, 7) is 1.98. The topological polar surface area (TPSA) is 38.7 Å². The Morgan fingerprint density at radius 2 is 2.00 bits per heavy atom. The molecule has 0 aliphatic heterocycles. The summed E-state index contributed by atoms with van der Waals surface area (Å²) in [5, 5.41) is 0.451. The van der Waals surface area contributed by atoms with E-state index in [1.54, 1.807) is 18.6 Å². The van der Waals surface area contributed by atoms with Crippen molar-refractivity contribution in [2.45, 2.75) is 6.92 Å². The smallest absolute Gasteiger partial charge is 0.140 e. The standard InChI is InChI=1S/C10H8ClN3/c1-7-2-8(4-12-3-7)9-5-13-6-14-10(9)11/h2-6H,1H3. The first-order valence-corrected chi connectivity index (χ1v) is 4.52. The Morgan fingerprint density at radius 1 is 1.14 bits per heavy atom. The lowest BCUT2D eigenvalue weighted by Gasteiger charge is -2.02. The Labute approximate surface area is 86.8 Å². The summed E-state index contributed by atoms with van der Waals surface area (Å²) in [6, 6.07) is 2.00. The molecule has 2 heterocycles. The number of pyridine rings is 1. The van der Waals surface area contributed by atoms with Gasteiger partial charge in [-0.3, -0.25) is 4.98 Å². The average molecular weight is 206 g/mol. The second-order valence-electron chi connectivity index (χ2n) is 2.98. The number of aromatic nitrogens is 3. The third-order valence-electron chi connectivity index (χ3n) is 1.85. The fourth-order valence-corrected chi connectivity index (χ4v) is 1.41. The van der Waals surface area contributed by atoms with Crippen LogP contribution in [0.3, 0.4) is 0 Å². The van der Waals surface area contributed by atoms with Gasteiger partial charge in [0.1, 0.15) is 11.5 Å². The molecule has 0 unspecified atom stereocenters. The first kappa shape index (κ1) is 9.09. The van der Waals surface area contributed by atoms with Gasteiger partial charge in [-0.05, 0) is 18.6 Å². The van der Waals surface area contributed by atoms with Crippen molar-refractivity contribution >= 4 is 11.6 Å². The minimum atomic E-state index is 0.451. The van der Waals surface area contributed by atoms with Crippen molar-refractivity contribution in [1.82, 2.24) is 15.0 Å². The van der Waals surface area contributed by atoms with Crippen LogP contribution in [-0.4, -0.2) is 15.0 Å². The molecule has 4 heteroatoms. The molecule has 0 bridgehead atoms. The van der Waals surface area contributed by atoms with Gasteiger partial charge in [0.25, 0.3) is 0 Å². The van der Waals surface area contributed by atoms with Crippen LogP contribution in [0.1, 0.15) is 5.56 Å². The van der Waals surface area contributed by atoms with Crippen molar-refractivity contribution in [3.05, 3.63) is 41.7 Å². The Bertz CT molecular complexity index is 457. The van der Waals surface area contributed by atoms with Crippen LogP contribution in [0.2, 0.25) is 5.15 Å². The summed E-state index contributed by atoms with van der Waals surface area (Å²) in [4.78, 5) is 11.9. The molecular weight excluding hydrogens is 198 g/mol. The van der Waals surface area contributed by atoms with Gasteiger partial charge in [0.15, 0.2) is 0 Å². The number of nitrogens with zero attached hydrogens (tertiary/aromatic N) is 3. The molecule has 0 saturated heterocycles. The maximum atomic E-state index is 5.93. The molecule has 2 aromatic heterocycles. The number of rotatable bonds is 1. The molecule has 3 nitrogen and oxygen atoms in total. The minimum Gasteiger partial charge on any atom is -0.264 e. The van der Waals surface area contributed by atoms with E-state index in [0.29, 0.717) is 5.15 Å². The maximum absolute atomic E-state index is 5.93. The van der Waals surface area contributed by atoms with Crippen molar-refractivity contribution in [1.29, 1.82) is 0 Å². The van der Waals surface area contributed by atoms with Crippen LogP contribution in [-0.2, 0) is 0 Å². The second kappa shape index (κ2) is 3.72. The number of aryl methyl sites for hydroxylation is 1. The summed E-state index contributed by atoms with van der Waals surface area (Å²) in [7, 11) is 0. The first-order valence-electron chi connectivity index (χ1n) is 4.15. The van der Waals surface area contributed by atoms with Gasteiger partial charge in [-0.25, -0.2) is 9.97 Å². The lowest BCUT2D eigenvalue weighted by Crippen LogP contribution is -1.87.